The fraction of sp³-hybridized carbons (Fsp3) is 0.154. The average molecular weight is 439 g/mol. The summed E-state index contributed by atoms with van der Waals surface area (Å²) in [6.45, 7) is 2.11. The Balaban J connectivity index is 1.60. The number of benzene rings is 3. The van der Waals surface area contributed by atoms with E-state index in [9.17, 15) is 0 Å². The summed E-state index contributed by atoms with van der Waals surface area (Å²) >= 11 is 1.74. The van der Waals surface area contributed by atoms with E-state index in [0.29, 0.717) is 0 Å². The molecule has 5 nitrogen and oxygen atoms in total. The highest BCUT2D eigenvalue weighted by molar-refractivity contribution is 7.98. The van der Waals surface area contributed by atoms with Crippen LogP contribution >= 0.6 is 11.8 Å². The summed E-state index contributed by atoms with van der Waals surface area (Å²) in [5, 5.41) is 8.14. The number of hydrogen-bond acceptors (Lipinski definition) is 5. The maximum atomic E-state index is 6.66. The van der Waals surface area contributed by atoms with Crippen LogP contribution in [-0.4, -0.2) is 21.0 Å². The molecular formula is C26H22N4OS. The number of rotatable bonds is 3. The summed E-state index contributed by atoms with van der Waals surface area (Å²) in [7, 11) is 0. The van der Waals surface area contributed by atoms with Crippen molar-refractivity contribution in [2.75, 3.05) is 11.6 Å². The number of para-hydroxylation sites is 1. The predicted molar refractivity (Wildman–Crippen MR) is 128 cm³/mol. The Kier molecular flexibility index (Phi) is 4.54. The Bertz CT molecular complexity index is 1320. The molecule has 0 saturated heterocycles. The highest BCUT2D eigenvalue weighted by Crippen LogP contribution is 2.50. The van der Waals surface area contributed by atoms with Crippen molar-refractivity contribution < 1.29 is 4.74 Å². The predicted octanol–water partition coefficient (Wildman–Crippen LogP) is 5.87. The first-order valence-electron chi connectivity index (χ1n) is 10.6. The summed E-state index contributed by atoms with van der Waals surface area (Å²) in [6.07, 6.45) is 3.46. The molecule has 0 bridgehead atoms. The second-order valence-corrected chi connectivity index (χ2v) is 8.94. The summed E-state index contributed by atoms with van der Waals surface area (Å²) in [6, 6.07) is 25.4. The maximum absolute atomic E-state index is 6.66. The lowest BCUT2D eigenvalue weighted by molar-refractivity contribution is 0.223. The zero-order valence-corrected chi connectivity index (χ0v) is 18.6. The molecule has 0 fully saturated rings. The van der Waals surface area contributed by atoms with Gasteiger partial charge in [-0.3, -0.25) is 0 Å². The van der Waals surface area contributed by atoms with Gasteiger partial charge in [0.25, 0.3) is 0 Å². The lowest BCUT2D eigenvalue weighted by Crippen LogP contribution is -2.32. The van der Waals surface area contributed by atoms with Crippen LogP contribution in [0.25, 0.3) is 5.70 Å². The second kappa shape index (κ2) is 7.57. The van der Waals surface area contributed by atoms with Gasteiger partial charge in [0.2, 0.25) is 5.95 Å². The van der Waals surface area contributed by atoms with E-state index in [1.165, 1.54) is 10.5 Å². The van der Waals surface area contributed by atoms with Crippen LogP contribution in [-0.2, 0) is 0 Å². The molecular weight excluding hydrogens is 416 g/mol. The molecule has 158 valence electrons. The molecule has 4 aromatic rings. The molecule has 0 aliphatic carbocycles. The molecule has 1 aromatic heterocycles. The van der Waals surface area contributed by atoms with Crippen LogP contribution in [0.2, 0.25) is 0 Å². The van der Waals surface area contributed by atoms with Gasteiger partial charge in [0.1, 0.15) is 24.2 Å². The molecule has 3 heterocycles. The van der Waals surface area contributed by atoms with E-state index in [1.807, 2.05) is 22.9 Å². The van der Waals surface area contributed by atoms with Gasteiger partial charge < -0.3 is 10.1 Å². The van der Waals surface area contributed by atoms with Gasteiger partial charge in [0.05, 0.1) is 5.70 Å². The van der Waals surface area contributed by atoms with Gasteiger partial charge in [-0.15, -0.1) is 11.8 Å². The largest absolute Gasteiger partial charge is 0.480 e. The molecule has 0 spiro atoms. The minimum absolute atomic E-state index is 0.122. The topological polar surface area (TPSA) is 52.0 Å². The number of nitrogens with zero attached hydrogens (tertiary/aromatic N) is 3. The monoisotopic (exact) mass is 438 g/mol. The van der Waals surface area contributed by atoms with Crippen molar-refractivity contribution in [3.05, 3.63) is 107 Å². The molecule has 1 N–H and O–H groups in total. The van der Waals surface area contributed by atoms with Gasteiger partial charge in [-0.05, 0) is 48.6 Å². The van der Waals surface area contributed by atoms with Crippen molar-refractivity contribution >= 4 is 23.4 Å². The van der Waals surface area contributed by atoms with E-state index in [-0.39, 0.29) is 12.1 Å². The molecule has 3 aromatic carbocycles. The van der Waals surface area contributed by atoms with Gasteiger partial charge in [-0.25, -0.2) is 4.68 Å². The smallest absolute Gasteiger partial charge is 0.226 e. The van der Waals surface area contributed by atoms with Crippen LogP contribution in [0.5, 0.6) is 5.75 Å². The average Bonchev–Trinajstić information content (AvgIpc) is 3.31. The van der Waals surface area contributed by atoms with E-state index in [2.05, 4.69) is 83.2 Å². The summed E-state index contributed by atoms with van der Waals surface area (Å²) < 4.78 is 8.62. The summed E-state index contributed by atoms with van der Waals surface area (Å²) in [5.74, 6) is 1.61. The highest BCUT2D eigenvalue weighted by Gasteiger charge is 2.40. The molecule has 2 atom stereocenters. The number of hydrogen-bond donors (Lipinski definition) is 1. The molecule has 6 heteroatoms. The normalized spacial score (nSPS) is 18.8. The van der Waals surface area contributed by atoms with Gasteiger partial charge in [-0.2, -0.15) is 10.1 Å². The SMILES string of the molecule is CSc1ccc(C2Oc3ccccc3C3=C2C(c2ccc(C)cc2)n2ncnc2N3)cc1. The Morgan fingerprint density at radius 1 is 0.938 bits per heavy atom. The standard InChI is InChI=1S/C26H22N4OS/c1-16-7-9-17(10-8-16)24-22-23(29-26-27-15-28-30(24)26)20-5-3-4-6-21(20)31-25(22)18-11-13-19(32-2)14-12-18/h3-15,24-25H,1-2H3,(H,27,28,29). The van der Waals surface area contributed by atoms with Gasteiger partial charge in [0, 0.05) is 16.0 Å². The fourth-order valence-electron chi connectivity index (χ4n) is 4.54. The minimum Gasteiger partial charge on any atom is -0.480 e. The maximum Gasteiger partial charge on any atom is 0.226 e. The summed E-state index contributed by atoms with van der Waals surface area (Å²) in [5.41, 5.74) is 6.74. The highest BCUT2D eigenvalue weighted by atomic mass is 32.2. The summed E-state index contributed by atoms with van der Waals surface area (Å²) in [4.78, 5) is 5.73. The van der Waals surface area contributed by atoms with Crippen molar-refractivity contribution in [1.29, 1.82) is 0 Å². The van der Waals surface area contributed by atoms with Crippen LogP contribution in [0.3, 0.4) is 0 Å². The first kappa shape index (κ1) is 19.2. The van der Waals surface area contributed by atoms with Crippen LogP contribution < -0.4 is 10.1 Å². The van der Waals surface area contributed by atoms with Crippen molar-refractivity contribution in [3.63, 3.8) is 0 Å². The number of fused-ring (bicyclic) bond motifs is 3. The lowest BCUT2D eigenvalue weighted by atomic mass is 9.84. The first-order valence-corrected chi connectivity index (χ1v) is 11.8. The quantitative estimate of drug-likeness (QED) is 0.406. The third-order valence-corrected chi connectivity index (χ3v) is 6.88. The van der Waals surface area contributed by atoms with Gasteiger partial charge >= 0.3 is 0 Å². The number of anilines is 1. The Morgan fingerprint density at radius 3 is 2.47 bits per heavy atom. The fourth-order valence-corrected chi connectivity index (χ4v) is 4.95. The third kappa shape index (κ3) is 3.02. The molecule has 32 heavy (non-hydrogen) atoms. The molecule has 0 saturated carbocycles. The van der Waals surface area contributed by atoms with Crippen molar-refractivity contribution in [1.82, 2.24) is 14.8 Å². The molecule has 2 aliphatic rings. The Hall–Kier alpha value is -3.51. The zero-order chi connectivity index (χ0) is 21.7. The number of aryl methyl sites for hydroxylation is 1. The van der Waals surface area contributed by atoms with Crippen molar-refractivity contribution in [2.45, 2.75) is 24.0 Å². The molecule has 2 aliphatic heterocycles. The second-order valence-electron chi connectivity index (χ2n) is 8.06. The number of ether oxygens (including phenoxy) is 1. The van der Waals surface area contributed by atoms with E-state index in [0.717, 1.165) is 39.7 Å². The number of thioether (sulfide) groups is 1. The van der Waals surface area contributed by atoms with Crippen LogP contribution in [0, 0.1) is 6.92 Å². The third-order valence-electron chi connectivity index (χ3n) is 6.13. The van der Waals surface area contributed by atoms with E-state index < -0.39 is 0 Å². The first-order chi connectivity index (χ1) is 15.7. The number of nitrogens with one attached hydrogen (secondary N) is 1. The zero-order valence-electron chi connectivity index (χ0n) is 17.8. The van der Waals surface area contributed by atoms with E-state index >= 15 is 0 Å². The molecule has 0 amide bonds. The van der Waals surface area contributed by atoms with E-state index in [1.54, 1.807) is 18.1 Å². The van der Waals surface area contributed by atoms with Gasteiger partial charge in [-0.1, -0.05) is 54.1 Å². The van der Waals surface area contributed by atoms with Gasteiger partial charge in [0.15, 0.2) is 0 Å². The van der Waals surface area contributed by atoms with E-state index in [4.69, 9.17) is 4.74 Å². The van der Waals surface area contributed by atoms with Crippen LogP contribution in [0.15, 0.2) is 89.6 Å². The lowest BCUT2D eigenvalue weighted by Gasteiger charge is -2.39. The van der Waals surface area contributed by atoms with Crippen LogP contribution in [0.1, 0.15) is 34.4 Å². The molecule has 6 rings (SSSR count). The molecule has 2 unspecified atom stereocenters. The van der Waals surface area contributed by atoms with Crippen molar-refractivity contribution in [3.8, 4) is 5.75 Å². The Labute approximate surface area is 191 Å². The Morgan fingerprint density at radius 2 is 1.69 bits per heavy atom. The minimum atomic E-state index is -0.244. The molecule has 0 radical (unpaired) electrons. The number of aromatic nitrogens is 3. The van der Waals surface area contributed by atoms with Crippen LogP contribution in [0.4, 0.5) is 5.95 Å². The van der Waals surface area contributed by atoms with Crippen molar-refractivity contribution in [2.24, 2.45) is 0 Å².